The molecular weight excluding hydrogens is 274 g/mol. The minimum absolute atomic E-state index is 0.0642. The van der Waals surface area contributed by atoms with E-state index >= 15 is 0 Å². The van der Waals surface area contributed by atoms with Crippen LogP contribution in [0.25, 0.3) is 0 Å². The predicted molar refractivity (Wildman–Crippen MR) is 77.9 cm³/mol. The van der Waals surface area contributed by atoms with E-state index in [0.717, 1.165) is 19.3 Å². The Labute approximate surface area is 125 Å². The molecule has 1 fully saturated rings. The molecule has 1 rings (SSSR count). The molecule has 3 amide bonds. The van der Waals surface area contributed by atoms with Crippen molar-refractivity contribution in [3.8, 4) is 0 Å². The molecule has 0 saturated heterocycles. The van der Waals surface area contributed by atoms with Crippen molar-refractivity contribution in [3.63, 3.8) is 0 Å². The smallest absolute Gasteiger partial charge is 0.318 e. The topological polar surface area (TPSA) is 98.7 Å². The first-order chi connectivity index (χ1) is 9.82. The van der Waals surface area contributed by atoms with Gasteiger partial charge in [0.2, 0.25) is 5.91 Å². The van der Waals surface area contributed by atoms with Gasteiger partial charge in [0, 0.05) is 14.1 Å². The lowest BCUT2D eigenvalue weighted by molar-refractivity contribution is -0.140. The van der Waals surface area contributed by atoms with Gasteiger partial charge in [0.25, 0.3) is 0 Å². The van der Waals surface area contributed by atoms with E-state index < -0.39 is 23.6 Å². The molecule has 1 unspecified atom stereocenters. The van der Waals surface area contributed by atoms with Gasteiger partial charge >= 0.3 is 12.0 Å². The number of rotatable bonds is 5. The quantitative estimate of drug-likeness (QED) is 0.703. The summed E-state index contributed by atoms with van der Waals surface area (Å²) in [5.41, 5.74) is -0.656. The summed E-state index contributed by atoms with van der Waals surface area (Å²) in [5, 5.41) is 14.2. The molecule has 0 spiro atoms. The van der Waals surface area contributed by atoms with E-state index in [1.807, 2.05) is 0 Å². The lowest BCUT2D eigenvalue weighted by Crippen LogP contribution is -2.57. The van der Waals surface area contributed by atoms with Crippen LogP contribution < -0.4 is 10.6 Å². The highest BCUT2D eigenvalue weighted by Gasteiger charge is 2.40. The van der Waals surface area contributed by atoms with Crippen LogP contribution in [0.2, 0.25) is 0 Å². The predicted octanol–water partition coefficient (Wildman–Crippen LogP) is 0.940. The average molecular weight is 299 g/mol. The van der Waals surface area contributed by atoms with Crippen LogP contribution in [0.3, 0.4) is 0 Å². The van der Waals surface area contributed by atoms with Crippen molar-refractivity contribution in [2.45, 2.75) is 57.0 Å². The fourth-order valence-corrected chi connectivity index (χ4v) is 2.90. The molecule has 7 nitrogen and oxygen atoms in total. The Hall–Kier alpha value is -1.79. The summed E-state index contributed by atoms with van der Waals surface area (Å²) in [5.74, 6) is -1.19. The van der Waals surface area contributed by atoms with Gasteiger partial charge in [0.1, 0.15) is 6.04 Å². The minimum Gasteiger partial charge on any atom is -0.481 e. The van der Waals surface area contributed by atoms with E-state index in [4.69, 9.17) is 5.11 Å². The van der Waals surface area contributed by atoms with Gasteiger partial charge in [0.05, 0.1) is 12.0 Å². The Balaban J connectivity index is 2.79. The molecule has 3 N–H and O–H groups in total. The Bertz CT molecular complexity index is 405. The second-order valence-corrected chi connectivity index (χ2v) is 5.70. The first kappa shape index (κ1) is 17.3. The number of likely N-dealkylation sites (N-methyl/N-ethyl adjacent to an activating group) is 1. The molecule has 0 radical (unpaired) electrons. The summed E-state index contributed by atoms with van der Waals surface area (Å²) in [6, 6.07) is -1.07. The van der Waals surface area contributed by atoms with Crippen molar-refractivity contribution < 1.29 is 19.5 Å². The third-order valence-electron chi connectivity index (χ3n) is 4.26. The van der Waals surface area contributed by atoms with Crippen molar-refractivity contribution in [2.75, 3.05) is 14.1 Å². The van der Waals surface area contributed by atoms with Gasteiger partial charge in [-0.3, -0.25) is 9.59 Å². The van der Waals surface area contributed by atoms with Crippen molar-refractivity contribution in [1.29, 1.82) is 0 Å². The van der Waals surface area contributed by atoms with Crippen LogP contribution in [-0.2, 0) is 9.59 Å². The molecule has 120 valence electrons. The standard InChI is InChI=1S/C14H25N3O4/c1-10(12(20)15-2)16-13(21)17(3)14(9-11(18)19)7-5-4-6-8-14/h10H,4-9H2,1-3H3,(H,15,20)(H,16,21)(H,18,19). The van der Waals surface area contributed by atoms with Crippen LogP contribution in [-0.4, -0.2) is 53.6 Å². The van der Waals surface area contributed by atoms with E-state index in [1.54, 1.807) is 14.0 Å². The fourth-order valence-electron chi connectivity index (χ4n) is 2.90. The summed E-state index contributed by atoms with van der Waals surface area (Å²) in [4.78, 5) is 36.4. The van der Waals surface area contributed by atoms with Gasteiger partial charge in [-0.15, -0.1) is 0 Å². The highest BCUT2D eigenvalue weighted by Crippen LogP contribution is 2.35. The zero-order valence-electron chi connectivity index (χ0n) is 12.9. The van der Waals surface area contributed by atoms with Gasteiger partial charge in [-0.1, -0.05) is 19.3 Å². The molecule has 1 atom stereocenters. The maximum absolute atomic E-state index is 12.3. The number of carbonyl (C=O) groups excluding carboxylic acids is 2. The van der Waals surface area contributed by atoms with Crippen LogP contribution in [0.4, 0.5) is 4.79 Å². The summed E-state index contributed by atoms with van der Waals surface area (Å²) in [7, 11) is 3.11. The molecule has 1 aliphatic rings. The summed E-state index contributed by atoms with van der Waals surface area (Å²) >= 11 is 0. The van der Waals surface area contributed by atoms with Gasteiger partial charge in [-0.25, -0.2) is 4.79 Å². The number of carbonyl (C=O) groups is 3. The Morgan fingerprint density at radius 1 is 1.24 bits per heavy atom. The minimum atomic E-state index is -0.907. The molecular formula is C14H25N3O4. The molecule has 0 aromatic heterocycles. The van der Waals surface area contributed by atoms with Gasteiger partial charge in [-0.05, 0) is 19.8 Å². The van der Waals surface area contributed by atoms with Crippen LogP contribution in [0.15, 0.2) is 0 Å². The maximum Gasteiger partial charge on any atom is 0.318 e. The fraction of sp³-hybridized carbons (Fsp3) is 0.786. The van der Waals surface area contributed by atoms with E-state index in [1.165, 1.54) is 11.9 Å². The Morgan fingerprint density at radius 3 is 2.29 bits per heavy atom. The molecule has 0 aromatic rings. The van der Waals surface area contributed by atoms with Crippen LogP contribution in [0.1, 0.15) is 45.4 Å². The number of aliphatic carboxylic acids is 1. The number of carboxylic acid groups (broad SMARTS) is 1. The number of hydrogen-bond acceptors (Lipinski definition) is 3. The molecule has 0 bridgehead atoms. The van der Waals surface area contributed by atoms with E-state index in [-0.39, 0.29) is 12.3 Å². The van der Waals surface area contributed by atoms with E-state index in [9.17, 15) is 14.4 Å². The molecule has 1 saturated carbocycles. The molecule has 0 heterocycles. The lowest BCUT2D eigenvalue weighted by Gasteiger charge is -2.44. The number of carboxylic acids is 1. The van der Waals surface area contributed by atoms with Crippen molar-refractivity contribution >= 4 is 17.9 Å². The van der Waals surface area contributed by atoms with Crippen molar-refractivity contribution in [1.82, 2.24) is 15.5 Å². The third-order valence-corrected chi connectivity index (χ3v) is 4.26. The molecule has 1 aliphatic carbocycles. The van der Waals surface area contributed by atoms with Crippen molar-refractivity contribution in [3.05, 3.63) is 0 Å². The summed E-state index contributed by atoms with van der Waals surface area (Å²) < 4.78 is 0. The molecule has 7 heteroatoms. The van der Waals surface area contributed by atoms with Crippen LogP contribution >= 0.6 is 0 Å². The van der Waals surface area contributed by atoms with Gasteiger partial charge in [0.15, 0.2) is 0 Å². The zero-order chi connectivity index (χ0) is 16.0. The number of nitrogens with zero attached hydrogens (tertiary/aromatic N) is 1. The lowest BCUT2D eigenvalue weighted by atomic mass is 9.78. The van der Waals surface area contributed by atoms with Gasteiger partial charge < -0.3 is 20.6 Å². The number of nitrogens with one attached hydrogen (secondary N) is 2. The molecule has 0 aliphatic heterocycles. The second-order valence-electron chi connectivity index (χ2n) is 5.70. The SMILES string of the molecule is CNC(=O)C(C)NC(=O)N(C)C1(CC(=O)O)CCCCC1. The Morgan fingerprint density at radius 2 is 1.81 bits per heavy atom. The number of hydrogen-bond donors (Lipinski definition) is 3. The van der Waals surface area contributed by atoms with Crippen LogP contribution in [0.5, 0.6) is 0 Å². The van der Waals surface area contributed by atoms with Crippen LogP contribution in [0, 0.1) is 0 Å². The normalized spacial score (nSPS) is 18.4. The first-order valence-corrected chi connectivity index (χ1v) is 7.30. The number of urea groups is 1. The zero-order valence-corrected chi connectivity index (χ0v) is 12.9. The Kier molecular flexibility index (Phi) is 5.99. The average Bonchev–Trinajstić information content (AvgIpc) is 2.45. The monoisotopic (exact) mass is 299 g/mol. The summed E-state index contributed by atoms with van der Waals surface area (Å²) in [6.45, 7) is 1.59. The third kappa shape index (κ3) is 4.34. The second kappa shape index (κ2) is 7.28. The largest absolute Gasteiger partial charge is 0.481 e. The summed E-state index contributed by atoms with van der Waals surface area (Å²) in [6.07, 6.45) is 4.18. The highest BCUT2D eigenvalue weighted by atomic mass is 16.4. The molecule has 21 heavy (non-hydrogen) atoms. The van der Waals surface area contributed by atoms with E-state index in [2.05, 4.69) is 10.6 Å². The first-order valence-electron chi connectivity index (χ1n) is 7.30. The maximum atomic E-state index is 12.3. The molecule has 0 aromatic carbocycles. The van der Waals surface area contributed by atoms with Gasteiger partial charge in [-0.2, -0.15) is 0 Å². The number of amides is 3. The van der Waals surface area contributed by atoms with Crippen molar-refractivity contribution in [2.24, 2.45) is 0 Å². The highest BCUT2D eigenvalue weighted by molar-refractivity contribution is 5.86. The van der Waals surface area contributed by atoms with E-state index in [0.29, 0.717) is 12.8 Å².